The highest BCUT2D eigenvalue weighted by Gasteiger charge is 2.27. The molecule has 1 aliphatic rings. The maximum absolute atomic E-state index is 9.61. The lowest BCUT2D eigenvalue weighted by molar-refractivity contribution is 0.0692. The van der Waals surface area contributed by atoms with Gasteiger partial charge in [-0.1, -0.05) is 43.7 Å². The van der Waals surface area contributed by atoms with Crippen LogP contribution in [0.4, 0.5) is 0 Å². The molecular weight excluding hydrogens is 234 g/mol. The number of hydrogen-bond donors (Lipinski definition) is 1. The number of hydrogen-bond acceptors (Lipinski definition) is 2. The van der Waals surface area contributed by atoms with Gasteiger partial charge in [-0.2, -0.15) is 0 Å². The van der Waals surface area contributed by atoms with Crippen molar-refractivity contribution in [1.82, 2.24) is 4.90 Å². The number of benzene rings is 1. The Kier molecular flexibility index (Phi) is 5.41. The Morgan fingerprint density at radius 2 is 1.95 bits per heavy atom. The first kappa shape index (κ1) is 14.5. The van der Waals surface area contributed by atoms with E-state index in [2.05, 4.69) is 42.2 Å². The predicted molar refractivity (Wildman–Crippen MR) is 80.0 cm³/mol. The molecule has 3 atom stereocenters. The zero-order chi connectivity index (χ0) is 13.7. The van der Waals surface area contributed by atoms with Crippen molar-refractivity contribution in [1.29, 1.82) is 0 Å². The normalized spacial score (nSPS) is 24.1. The molecule has 0 radical (unpaired) electrons. The van der Waals surface area contributed by atoms with Gasteiger partial charge in [0.25, 0.3) is 0 Å². The average molecular weight is 261 g/mol. The Morgan fingerprint density at radius 1 is 1.21 bits per heavy atom. The van der Waals surface area contributed by atoms with Gasteiger partial charge in [-0.05, 0) is 44.2 Å². The molecule has 3 unspecified atom stereocenters. The first-order valence-corrected chi connectivity index (χ1v) is 7.63. The third-order valence-electron chi connectivity index (χ3n) is 4.26. The van der Waals surface area contributed by atoms with Gasteiger partial charge < -0.3 is 5.11 Å². The molecule has 1 aliphatic heterocycles. The highest BCUT2D eigenvalue weighted by atomic mass is 16.3. The van der Waals surface area contributed by atoms with Crippen molar-refractivity contribution in [3.63, 3.8) is 0 Å². The molecule has 0 saturated carbocycles. The second-order valence-corrected chi connectivity index (χ2v) is 6.08. The van der Waals surface area contributed by atoms with E-state index in [9.17, 15) is 5.11 Å². The maximum Gasteiger partial charge on any atom is 0.0515 e. The lowest BCUT2D eigenvalue weighted by Gasteiger charge is -2.39. The van der Waals surface area contributed by atoms with Crippen molar-refractivity contribution < 1.29 is 5.11 Å². The van der Waals surface area contributed by atoms with E-state index in [1.54, 1.807) is 0 Å². The summed E-state index contributed by atoms with van der Waals surface area (Å²) in [7, 11) is 0. The SMILES string of the molecule is CC(O)CC(C)C1CCCCN1Cc1ccccc1. The van der Waals surface area contributed by atoms with Crippen molar-refractivity contribution in [2.75, 3.05) is 6.54 Å². The molecule has 0 aromatic heterocycles. The molecule has 2 heteroatoms. The summed E-state index contributed by atoms with van der Waals surface area (Å²) in [6.07, 6.45) is 4.65. The van der Waals surface area contributed by atoms with Crippen LogP contribution < -0.4 is 0 Å². The van der Waals surface area contributed by atoms with Gasteiger partial charge in [0.05, 0.1) is 6.10 Å². The van der Waals surface area contributed by atoms with Crippen LogP contribution in [0, 0.1) is 5.92 Å². The second kappa shape index (κ2) is 7.06. The lowest BCUT2D eigenvalue weighted by Crippen LogP contribution is -2.43. The highest BCUT2D eigenvalue weighted by Crippen LogP contribution is 2.27. The van der Waals surface area contributed by atoms with E-state index in [-0.39, 0.29) is 6.10 Å². The van der Waals surface area contributed by atoms with E-state index >= 15 is 0 Å². The van der Waals surface area contributed by atoms with E-state index < -0.39 is 0 Å². The van der Waals surface area contributed by atoms with Gasteiger partial charge in [0.15, 0.2) is 0 Å². The zero-order valence-corrected chi connectivity index (χ0v) is 12.3. The molecule has 2 rings (SSSR count). The smallest absolute Gasteiger partial charge is 0.0515 e. The quantitative estimate of drug-likeness (QED) is 0.877. The van der Waals surface area contributed by atoms with Crippen LogP contribution in [0.3, 0.4) is 0 Å². The second-order valence-electron chi connectivity index (χ2n) is 6.08. The molecule has 1 aromatic carbocycles. The Bertz CT molecular complexity index is 363. The first-order chi connectivity index (χ1) is 9.16. The third-order valence-corrected chi connectivity index (χ3v) is 4.26. The van der Waals surface area contributed by atoms with Gasteiger partial charge >= 0.3 is 0 Å². The van der Waals surface area contributed by atoms with Gasteiger partial charge in [0, 0.05) is 12.6 Å². The van der Waals surface area contributed by atoms with Crippen molar-refractivity contribution in [3.8, 4) is 0 Å². The Balaban J connectivity index is 1.99. The summed E-state index contributed by atoms with van der Waals surface area (Å²) in [6.45, 7) is 6.45. The number of piperidine rings is 1. The number of rotatable bonds is 5. The first-order valence-electron chi connectivity index (χ1n) is 7.63. The molecule has 1 saturated heterocycles. The fourth-order valence-corrected chi connectivity index (χ4v) is 3.37. The Hall–Kier alpha value is -0.860. The molecule has 19 heavy (non-hydrogen) atoms. The minimum Gasteiger partial charge on any atom is -0.393 e. The summed E-state index contributed by atoms with van der Waals surface area (Å²) >= 11 is 0. The highest BCUT2D eigenvalue weighted by molar-refractivity contribution is 5.14. The third kappa shape index (κ3) is 4.32. The van der Waals surface area contributed by atoms with E-state index in [1.165, 1.54) is 31.4 Å². The summed E-state index contributed by atoms with van der Waals surface area (Å²) < 4.78 is 0. The summed E-state index contributed by atoms with van der Waals surface area (Å²) in [5.41, 5.74) is 1.40. The Morgan fingerprint density at radius 3 is 2.63 bits per heavy atom. The lowest BCUT2D eigenvalue weighted by atomic mass is 9.87. The van der Waals surface area contributed by atoms with Gasteiger partial charge in [0.1, 0.15) is 0 Å². The molecule has 1 fully saturated rings. The molecule has 0 aliphatic carbocycles. The summed E-state index contributed by atoms with van der Waals surface area (Å²) in [5.74, 6) is 0.573. The van der Waals surface area contributed by atoms with Crippen molar-refractivity contribution in [2.24, 2.45) is 5.92 Å². The maximum atomic E-state index is 9.61. The molecular formula is C17H27NO. The monoisotopic (exact) mass is 261 g/mol. The standard InChI is InChI=1S/C17H27NO/c1-14(12-15(2)19)17-10-6-7-11-18(17)13-16-8-4-3-5-9-16/h3-5,8-9,14-15,17,19H,6-7,10-13H2,1-2H3. The predicted octanol–water partition coefficient (Wildman–Crippen LogP) is 3.45. The van der Waals surface area contributed by atoms with Crippen LogP contribution in [0.1, 0.15) is 45.1 Å². The number of aliphatic hydroxyl groups excluding tert-OH is 1. The average Bonchev–Trinajstić information content (AvgIpc) is 2.39. The molecule has 1 heterocycles. The van der Waals surface area contributed by atoms with E-state index in [0.29, 0.717) is 12.0 Å². The van der Waals surface area contributed by atoms with Crippen LogP contribution in [-0.2, 0) is 6.54 Å². The minimum atomic E-state index is -0.185. The van der Waals surface area contributed by atoms with E-state index in [0.717, 1.165) is 13.0 Å². The summed E-state index contributed by atoms with van der Waals surface area (Å²) in [6, 6.07) is 11.4. The zero-order valence-electron chi connectivity index (χ0n) is 12.3. The van der Waals surface area contributed by atoms with E-state index in [1.807, 2.05) is 6.92 Å². The van der Waals surface area contributed by atoms with Crippen LogP contribution in [0.2, 0.25) is 0 Å². The molecule has 0 spiro atoms. The van der Waals surface area contributed by atoms with Gasteiger partial charge in [-0.25, -0.2) is 0 Å². The van der Waals surface area contributed by atoms with Crippen LogP contribution in [0.15, 0.2) is 30.3 Å². The number of aliphatic hydroxyl groups is 1. The van der Waals surface area contributed by atoms with Crippen molar-refractivity contribution >= 4 is 0 Å². The number of nitrogens with zero attached hydrogens (tertiary/aromatic N) is 1. The molecule has 106 valence electrons. The van der Waals surface area contributed by atoms with Crippen LogP contribution in [-0.4, -0.2) is 28.7 Å². The summed E-state index contributed by atoms with van der Waals surface area (Å²) in [5, 5.41) is 9.61. The Labute approximate surface area is 117 Å². The fourth-order valence-electron chi connectivity index (χ4n) is 3.37. The van der Waals surface area contributed by atoms with Crippen LogP contribution >= 0.6 is 0 Å². The topological polar surface area (TPSA) is 23.5 Å². The summed E-state index contributed by atoms with van der Waals surface area (Å²) in [4.78, 5) is 2.62. The largest absolute Gasteiger partial charge is 0.393 e. The molecule has 2 nitrogen and oxygen atoms in total. The molecule has 0 bridgehead atoms. The van der Waals surface area contributed by atoms with Gasteiger partial charge in [-0.3, -0.25) is 4.90 Å². The van der Waals surface area contributed by atoms with Crippen molar-refractivity contribution in [2.45, 2.75) is 58.2 Å². The fraction of sp³-hybridized carbons (Fsp3) is 0.647. The van der Waals surface area contributed by atoms with Crippen LogP contribution in [0.5, 0.6) is 0 Å². The molecule has 0 amide bonds. The minimum absolute atomic E-state index is 0.185. The molecule has 1 aromatic rings. The number of likely N-dealkylation sites (tertiary alicyclic amines) is 1. The van der Waals surface area contributed by atoms with E-state index in [4.69, 9.17) is 0 Å². The van der Waals surface area contributed by atoms with Crippen LogP contribution in [0.25, 0.3) is 0 Å². The van der Waals surface area contributed by atoms with Crippen molar-refractivity contribution in [3.05, 3.63) is 35.9 Å². The molecule has 1 N–H and O–H groups in total. The van der Waals surface area contributed by atoms with Gasteiger partial charge in [-0.15, -0.1) is 0 Å². The van der Waals surface area contributed by atoms with Gasteiger partial charge in [0.2, 0.25) is 0 Å².